The molecule has 17 nitrogen and oxygen atoms in total. The minimum atomic E-state index is -4.97. The number of esters is 4. The Bertz CT molecular complexity index is 2150. The van der Waals surface area contributed by atoms with Crippen molar-refractivity contribution >= 4 is 39.5 Å². The molecule has 0 saturated heterocycles. The summed E-state index contributed by atoms with van der Waals surface area (Å²) in [5.74, 6) is -1.22. The molecule has 0 amide bonds. The molecule has 678 valence electrons. The highest BCUT2D eigenvalue weighted by Gasteiger charge is 2.31. The summed E-state index contributed by atoms with van der Waals surface area (Å²) in [6.45, 7) is 7.46. The van der Waals surface area contributed by atoms with Crippen LogP contribution in [-0.2, 0) is 65.4 Å². The average Bonchev–Trinajstić information content (AvgIpc) is 0.897. The van der Waals surface area contributed by atoms with Gasteiger partial charge in [-0.1, -0.05) is 471 Å². The fourth-order valence-corrected chi connectivity index (χ4v) is 16.6. The molecule has 0 aliphatic carbocycles. The lowest BCUT2D eigenvalue weighted by molar-refractivity contribution is -0.161. The summed E-state index contributed by atoms with van der Waals surface area (Å²) in [6, 6.07) is 0. The molecular formula is C95H186O17P2. The van der Waals surface area contributed by atoms with E-state index in [2.05, 4.69) is 34.6 Å². The Morgan fingerprint density at radius 3 is 0.623 bits per heavy atom. The third-order valence-corrected chi connectivity index (χ3v) is 24.8. The average molecular weight is 1660 g/mol. The Morgan fingerprint density at radius 1 is 0.246 bits per heavy atom. The lowest BCUT2D eigenvalue weighted by Crippen LogP contribution is -2.30. The summed E-state index contributed by atoms with van der Waals surface area (Å²) in [4.78, 5) is 73.4. The van der Waals surface area contributed by atoms with Crippen LogP contribution in [0.1, 0.15) is 523 Å². The van der Waals surface area contributed by atoms with Crippen molar-refractivity contribution in [1.29, 1.82) is 0 Å². The van der Waals surface area contributed by atoms with Crippen molar-refractivity contribution in [2.45, 2.75) is 541 Å². The van der Waals surface area contributed by atoms with E-state index in [0.717, 1.165) is 95.8 Å². The zero-order chi connectivity index (χ0) is 83.3. The number of rotatable bonds is 95. The molecule has 19 heteroatoms. The van der Waals surface area contributed by atoms with Crippen molar-refractivity contribution < 1.29 is 80.2 Å². The van der Waals surface area contributed by atoms with Gasteiger partial charge in [-0.3, -0.25) is 37.3 Å². The first-order valence-electron chi connectivity index (χ1n) is 49.2. The highest BCUT2D eigenvalue weighted by molar-refractivity contribution is 7.47. The Labute approximate surface area is 702 Å². The van der Waals surface area contributed by atoms with Crippen molar-refractivity contribution in [3.8, 4) is 0 Å². The molecule has 0 heterocycles. The molecule has 114 heavy (non-hydrogen) atoms. The van der Waals surface area contributed by atoms with Crippen LogP contribution >= 0.6 is 15.6 Å². The maximum Gasteiger partial charge on any atom is 0.472 e. The highest BCUT2D eigenvalue weighted by Crippen LogP contribution is 2.45. The quantitative estimate of drug-likeness (QED) is 0.0222. The summed E-state index contributed by atoms with van der Waals surface area (Å²) in [5.41, 5.74) is 0. The third kappa shape index (κ3) is 86.4. The Kier molecular flexibility index (Phi) is 85.9. The van der Waals surface area contributed by atoms with E-state index in [4.69, 9.17) is 37.0 Å². The van der Waals surface area contributed by atoms with E-state index in [1.807, 2.05) is 0 Å². The number of carbonyl (C=O) groups is 4. The molecule has 6 atom stereocenters. The standard InChI is InChI=1S/C95H186O17P2/c1-6-10-13-16-19-22-24-26-28-30-32-34-36-37-42-46-50-54-59-64-69-74-79-93(98)106-85-91(112-95(100)81-76-71-66-61-56-52-48-44-40-39-41-45-49-53-58-62-67-72-77-88(5)9-4)87-110-114(103,104)108-83-89(96)82-107-113(101,102)109-86-90(84-105-92(97)78-73-68-63-57-21-18-15-12-8-3)111-94(99)80-75-70-65-60-55-51-47-43-38-35-33-31-29-27-25-23-20-17-14-11-7-2/h88-91,96H,6-87H2,1-5H3,(H,101,102)(H,103,104)/t88?,89-,90+,91+/m0/s1. The van der Waals surface area contributed by atoms with Crippen LogP contribution in [0.25, 0.3) is 0 Å². The van der Waals surface area contributed by atoms with Crippen LogP contribution in [0.15, 0.2) is 0 Å². The van der Waals surface area contributed by atoms with Gasteiger partial charge in [0.25, 0.3) is 0 Å². The molecule has 3 N–H and O–H groups in total. The van der Waals surface area contributed by atoms with Crippen LogP contribution < -0.4 is 0 Å². The van der Waals surface area contributed by atoms with Crippen molar-refractivity contribution in [2.24, 2.45) is 5.92 Å². The van der Waals surface area contributed by atoms with Crippen LogP contribution in [0, 0.1) is 5.92 Å². The predicted molar refractivity (Wildman–Crippen MR) is 474 cm³/mol. The first-order chi connectivity index (χ1) is 55.6. The number of phosphoric acid groups is 2. The van der Waals surface area contributed by atoms with Crippen LogP contribution in [0.3, 0.4) is 0 Å². The second-order valence-electron chi connectivity index (χ2n) is 34.4. The number of aliphatic hydroxyl groups is 1. The molecule has 0 radical (unpaired) electrons. The maximum absolute atomic E-state index is 13.2. The van der Waals surface area contributed by atoms with Crippen LogP contribution in [0.4, 0.5) is 0 Å². The zero-order valence-electron chi connectivity index (χ0n) is 75.2. The second-order valence-corrected chi connectivity index (χ2v) is 37.3. The monoisotopic (exact) mass is 1660 g/mol. The molecule has 0 aromatic heterocycles. The van der Waals surface area contributed by atoms with E-state index >= 15 is 0 Å². The van der Waals surface area contributed by atoms with Crippen molar-refractivity contribution in [3.63, 3.8) is 0 Å². The Balaban J connectivity index is 5.17. The number of aliphatic hydroxyl groups excluding tert-OH is 1. The van der Waals surface area contributed by atoms with Gasteiger partial charge in [-0.2, -0.15) is 0 Å². The predicted octanol–water partition coefficient (Wildman–Crippen LogP) is 29.9. The van der Waals surface area contributed by atoms with E-state index in [0.29, 0.717) is 25.7 Å². The maximum atomic E-state index is 13.2. The van der Waals surface area contributed by atoms with Gasteiger partial charge in [0.1, 0.15) is 19.3 Å². The topological polar surface area (TPSA) is 237 Å². The van der Waals surface area contributed by atoms with Crippen molar-refractivity contribution in [3.05, 3.63) is 0 Å². The van der Waals surface area contributed by atoms with Gasteiger partial charge in [0, 0.05) is 25.7 Å². The number of ether oxygens (including phenoxy) is 4. The number of phosphoric ester groups is 2. The first kappa shape index (κ1) is 112. The zero-order valence-corrected chi connectivity index (χ0v) is 77.0. The van der Waals surface area contributed by atoms with Gasteiger partial charge in [0.2, 0.25) is 0 Å². The normalized spacial score (nSPS) is 13.9. The molecule has 0 aliphatic rings. The van der Waals surface area contributed by atoms with Gasteiger partial charge in [-0.05, 0) is 31.6 Å². The summed E-state index contributed by atoms with van der Waals surface area (Å²) >= 11 is 0. The molecule has 0 spiro atoms. The number of carbonyl (C=O) groups excluding carboxylic acids is 4. The fourth-order valence-electron chi connectivity index (χ4n) is 15.0. The fraction of sp³-hybridized carbons (Fsp3) is 0.958. The van der Waals surface area contributed by atoms with Crippen molar-refractivity contribution in [1.82, 2.24) is 0 Å². The van der Waals surface area contributed by atoms with Crippen molar-refractivity contribution in [2.75, 3.05) is 39.6 Å². The molecule has 0 aromatic carbocycles. The van der Waals surface area contributed by atoms with Gasteiger partial charge >= 0.3 is 39.5 Å². The van der Waals surface area contributed by atoms with Gasteiger partial charge < -0.3 is 33.8 Å². The lowest BCUT2D eigenvalue weighted by Gasteiger charge is -2.21. The van der Waals surface area contributed by atoms with E-state index in [1.54, 1.807) is 0 Å². The van der Waals surface area contributed by atoms with E-state index < -0.39 is 97.5 Å². The Morgan fingerprint density at radius 2 is 0.421 bits per heavy atom. The Hall–Kier alpha value is -1.94. The van der Waals surface area contributed by atoms with E-state index in [1.165, 1.54) is 347 Å². The molecule has 0 rings (SSSR count). The van der Waals surface area contributed by atoms with E-state index in [-0.39, 0.29) is 25.7 Å². The molecule has 0 saturated carbocycles. The van der Waals surface area contributed by atoms with Crippen LogP contribution in [-0.4, -0.2) is 96.7 Å². The smallest absolute Gasteiger partial charge is 0.462 e. The third-order valence-electron chi connectivity index (χ3n) is 22.9. The van der Waals surface area contributed by atoms with Gasteiger partial charge in [-0.15, -0.1) is 0 Å². The SMILES string of the molecule is CCCCCCCCCCCCCCCCCCCCCCCCC(=O)OC[C@H](COP(=O)(O)OC[C@@H](O)COP(=O)(O)OC[C@@H](COC(=O)CCCCCCCCCCC)OC(=O)CCCCCCCCCCCCCCCCCCCCCCC)OC(=O)CCCCCCCCCCCCCCCCCCCCC(C)CC. The first-order valence-corrected chi connectivity index (χ1v) is 52.2. The molecule has 3 unspecified atom stereocenters. The highest BCUT2D eigenvalue weighted by atomic mass is 31.2. The summed E-state index contributed by atoms with van der Waals surface area (Å²) in [5, 5.41) is 10.7. The molecule has 0 fully saturated rings. The lowest BCUT2D eigenvalue weighted by atomic mass is 9.99. The molecule has 0 bridgehead atoms. The largest absolute Gasteiger partial charge is 0.472 e. The molecule has 0 aromatic rings. The van der Waals surface area contributed by atoms with Gasteiger partial charge in [0.05, 0.1) is 26.4 Å². The van der Waals surface area contributed by atoms with Crippen LogP contribution in [0.5, 0.6) is 0 Å². The molecular weight excluding hydrogens is 1470 g/mol. The number of unbranched alkanes of at least 4 members (excludes halogenated alkanes) is 66. The summed E-state index contributed by atoms with van der Waals surface area (Å²) in [7, 11) is -9.94. The van der Waals surface area contributed by atoms with Gasteiger partial charge in [0.15, 0.2) is 12.2 Å². The minimum Gasteiger partial charge on any atom is -0.462 e. The minimum absolute atomic E-state index is 0.109. The molecule has 0 aliphatic heterocycles. The second kappa shape index (κ2) is 87.4. The van der Waals surface area contributed by atoms with Gasteiger partial charge in [-0.25, -0.2) is 9.13 Å². The number of hydrogen-bond donors (Lipinski definition) is 3. The summed E-state index contributed by atoms with van der Waals surface area (Å²) < 4.78 is 69.1. The summed E-state index contributed by atoms with van der Waals surface area (Å²) in [6.07, 6.45) is 85.0. The van der Waals surface area contributed by atoms with Crippen LogP contribution in [0.2, 0.25) is 0 Å². The number of hydrogen-bond acceptors (Lipinski definition) is 15. The van der Waals surface area contributed by atoms with E-state index in [9.17, 15) is 43.2 Å².